The minimum Gasteiger partial charge on any atom is -0.355 e. The van der Waals surface area contributed by atoms with E-state index in [0.29, 0.717) is 16.6 Å². The quantitative estimate of drug-likeness (QED) is 0.654. The molecule has 0 radical (unpaired) electrons. The lowest BCUT2D eigenvalue weighted by Crippen LogP contribution is -2.33. The van der Waals surface area contributed by atoms with Crippen LogP contribution in [0, 0.1) is 0 Å². The Morgan fingerprint density at radius 2 is 1.81 bits per heavy atom. The van der Waals surface area contributed by atoms with E-state index in [9.17, 15) is 9.59 Å². The molecular formula is C19H19Cl2N3O2. The molecular weight excluding hydrogens is 373 g/mol. The van der Waals surface area contributed by atoms with Crippen LogP contribution in [0.25, 0.3) is 11.0 Å². The number of aryl methyl sites for hydroxylation is 2. The number of aromatic nitrogens is 2. The maximum atomic E-state index is 12.3. The Morgan fingerprint density at radius 3 is 2.54 bits per heavy atom. The van der Waals surface area contributed by atoms with Gasteiger partial charge in [0.25, 0.3) is 0 Å². The molecule has 136 valence electrons. The first-order chi connectivity index (χ1) is 12.5. The molecule has 3 rings (SSSR count). The van der Waals surface area contributed by atoms with Gasteiger partial charge in [0.15, 0.2) is 0 Å². The molecule has 0 fully saturated rings. The molecule has 5 nitrogen and oxygen atoms in total. The van der Waals surface area contributed by atoms with Crippen LogP contribution < -0.4 is 11.0 Å². The zero-order valence-electron chi connectivity index (χ0n) is 14.3. The molecule has 1 amide bonds. The van der Waals surface area contributed by atoms with E-state index in [2.05, 4.69) is 5.32 Å². The van der Waals surface area contributed by atoms with Gasteiger partial charge < -0.3 is 5.32 Å². The van der Waals surface area contributed by atoms with Crippen molar-refractivity contribution >= 4 is 40.1 Å². The Labute approximate surface area is 161 Å². The van der Waals surface area contributed by atoms with Crippen molar-refractivity contribution in [1.82, 2.24) is 14.5 Å². The predicted octanol–water partition coefficient (Wildman–Crippen LogP) is 3.40. The first kappa shape index (κ1) is 18.5. The first-order valence-corrected chi connectivity index (χ1v) is 9.08. The van der Waals surface area contributed by atoms with Crippen molar-refractivity contribution in [1.29, 1.82) is 0 Å². The van der Waals surface area contributed by atoms with Gasteiger partial charge in [0, 0.05) is 13.6 Å². The standard InChI is InChI=1S/C19H19Cl2N3O2/c1-23-16-6-2-3-7-17(16)24(19(23)26)12-18(25)22-10-4-5-13-8-9-14(20)15(21)11-13/h2-3,6-9,11H,4-5,10,12H2,1H3,(H,22,25). The van der Waals surface area contributed by atoms with Gasteiger partial charge in [0.05, 0.1) is 21.1 Å². The Morgan fingerprint density at radius 1 is 1.08 bits per heavy atom. The third kappa shape index (κ3) is 3.94. The summed E-state index contributed by atoms with van der Waals surface area (Å²) in [4.78, 5) is 24.5. The summed E-state index contributed by atoms with van der Waals surface area (Å²) in [7, 11) is 1.70. The van der Waals surface area contributed by atoms with E-state index in [4.69, 9.17) is 23.2 Å². The Hall–Kier alpha value is -2.24. The molecule has 3 aromatic rings. The highest BCUT2D eigenvalue weighted by Gasteiger charge is 2.12. The summed E-state index contributed by atoms with van der Waals surface area (Å²) < 4.78 is 3.04. The molecule has 0 spiro atoms. The molecule has 0 unspecified atom stereocenters. The number of nitrogens with one attached hydrogen (secondary N) is 1. The van der Waals surface area contributed by atoms with Gasteiger partial charge in [-0.3, -0.25) is 13.9 Å². The molecule has 26 heavy (non-hydrogen) atoms. The van der Waals surface area contributed by atoms with E-state index in [1.54, 1.807) is 17.7 Å². The number of rotatable bonds is 6. The van der Waals surface area contributed by atoms with Crippen molar-refractivity contribution in [2.24, 2.45) is 7.05 Å². The summed E-state index contributed by atoms with van der Waals surface area (Å²) in [5.41, 5.74) is 2.44. The van der Waals surface area contributed by atoms with Gasteiger partial charge in [-0.05, 0) is 42.7 Å². The number of hydrogen-bond acceptors (Lipinski definition) is 2. The van der Waals surface area contributed by atoms with Crippen LogP contribution in [0.3, 0.4) is 0 Å². The van der Waals surface area contributed by atoms with E-state index in [-0.39, 0.29) is 18.1 Å². The van der Waals surface area contributed by atoms with E-state index < -0.39 is 0 Å². The molecule has 2 aromatic carbocycles. The molecule has 7 heteroatoms. The maximum absolute atomic E-state index is 12.3. The normalized spacial score (nSPS) is 11.0. The summed E-state index contributed by atoms with van der Waals surface area (Å²) in [6.45, 7) is 0.533. The molecule has 0 bridgehead atoms. The lowest BCUT2D eigenvalue weighted by atomic mass is 10.1. The zero-order chi connectivity index (χ0) is 18.7. The third-order valence-electron chi connectivity index (χ3n) is 4.30. The molecule has 0 saturated heterocycles. The van der Waals surface area contributed by atoms with Gasteiger partial charge in [-0.1, -0.05) is 41.4 Å². The SMILES string of the molecule is Cn1c(=O)n(CC(=O)NCCCc2ccc(Cl)c(Cl)c2)c2ccccc21. The van der Waals surface area contributed by atoms with Crippen LogP contribution in [0.1, 0.15) is 12.0 Å². The zero-order valence-corrected chi connectivity index (χ0v) is 15.8. The lowest BCUT2D eigenvalue weighted by molar-refractivity contribution is -0.121. The van der Waals surface area contributed by atoms with Crippen molar-refractivity contribution in [3.8, 4) is 0 Å². The van der Waals surface area contributed by atoms with E-state index in [1.807, 2.05) is 36.4 Å². The van der Waals surface area contributed by atoms with Crippen LogP contribution >= 0.6 is 23.2 Å². The van der Waals surface area contributed by atoms with Gasteiger partial charge >= 0.3 is 5.69 Å². The van der Waals surface area contributed by atoms with Crippen molar-refractivity contribution in [3.05, 3.63) is 68.6 Å². The number of imidazole rings is 1. The number of nitrogens with zero attached hydrogens (tertiary/aromatic N) is 2. The molecule has 0 atom stereocenters. The van der Waals surface area contributed by atoms with Gasteiger partial charge in [-0.15, -0.1) is 0 Å². The average Bonchev–Trinajstić information content (AvgIpc) is 2.87. The number of fused-ring (bicyclic) bond motifs is 1. The number of hydrogen-bond donors (Lipinski definition) is 1. The minimum atomic E-state index is -0.197. The number of benzene rings is 2. The second-order valence-corrected chi connectivity index (χ2v) is 6.93. The minimum absolute atomic E-state index is 0.00690. The van der Waals surface area contributed by atoms with E-state index in [1.165, 1.54) is 4.57 Å². The Balaban J connectivity index is 1.56. The van der Waals surface area contributed by atoms with Crippen LogP contribution in [0.5, 0.6) is 0 Å². The number of para-hydroxylation sites is 2. The second kappa shape index (κ2) is 7.98. The van der Waals surface area contributed by atoms with Gasteiger partial charge in [-0.25, -0.2) is 4.79 Å². The van der Waals surface area contributed by atoms with Crippen molar-refractivity contribution in [2.75, 3.05) is 6.54 Å². The second-order valence-electron chi connectivity index (χ2n) is 6.12. The molecule has 1 N–H and O–H groups in total. The smallest absolute Gasteiger partial charge is 0.329 e. The molecule has 1 heterocycles. The number of carbonyl (C=O) groups is 1. The summed E-state index contributed by atoms with van der Waals surface area (Å²) in [5.74, 6) is -0.183. The van der Waals surface area contributed by atoms with Crippen LogP contribution in [0.2, 0.25) is 10.0 Å². The van der Waals surface area contributed by atoms with Crippen LogP contribution in [0.15, 0.2) is 47.3 Å². The lowest BCUT2D eigenvalue weighted by Gasteiger charge is -2.07. The summed E-state index contributed by atoms with van der Waals surface area (Å²) in [6.07, 6.45) is 1.56. The fourth-order valence-electron chi connectivity index (χ4n) is 2.93. The molecule has 0 aliphatic heterocycles. The number of halogens is 2. The Kier molecular flexibility index (Phi) is 5.69. The van der Waals surface area contributed by atoms with Crippen LogP contribution in [-0.2, 0) is 24.8 Å². The summed E-state index contributed by atoms with van der Waals surface area (Å²) in [5, 5.41) is 3.92. The highest BCUT2D eigenvalue weighted by atomic mass is 35.5. The average molecular weight is 392 g/mol. The van der Waals surface area contributed by atoms with Crippen molar-refractivity contribution < 1.29 is 4.79 Å². The largest absolute Gasteiger partial charge is 0.355 e. The highest BCUT2D eigenvalue weighted by Crippen LogP contribution is 2.23. The van der Waals surface area contributed by atoms with E-state index >= 15 is 0 Å². The van der Waals surface area contributed by atoms with Crippen LogP contribution in [-0.4, -0.2) is 21.6 Å². The first-order valence-electron chi connectivity index (χ1n) is 8.32. The van der Waals surface area contributed by atoms with Gasteiger partial charge in [-0.2, -0.15) is 0 Å². The van der Waals surface area contributed by atoms with Gasteiger partial charge in [0.2, 0.25) is 5.91 Å². The molecule has 1 aromatic heterocycles. The van der Waals surface area contributed by atoms with Crippen LogP contribution in [0.4, 0.5) is 0 Å². The monoisotopic (exact) mass is 391 g/mol. The number of amides is 1. The van der Waals surface area contributed by atoms with Gasteiger partial charge in [0.1, 0.15) is 6.54 Å². The fraction of sp³-hybridized carbons (Fsp3) is 0.263. The molecule has 0 aliphatic rings. The van der Waals surface area contributed by atoms with E-state index in [0.717, 1.165) is 29.4 Å². The fourth-order valence-corrected chi connectivity index (χ4v) is 3.25. The predicted molar refractivity (Wildman–Crippen MR) is 105 cm³/mol. The summed E-state index contributed by atoms with van der Waals surface area (Å²) in [6, 6.07) is 13.0. The Bertz CT molecular complexity index is 1010. The molecule has 0 aliphatic carbocycles. The van der Waals surface area contributed by atoms with Crippen molar-refractivity contribution in [3.63, 3.8) is 0 Å². The maximum Gasteiger partial charge on any atom is 0.329 e. The van der Waals surface area contributed by atoms with Crippen molar-refractivity contribution in [2.45, 2.75) is 19.4 Å². The topological polar surface area (TPSA) is 56.0 Å². The highest BCUT2D eigenvalue weighted by molar-refractivity contribution is 6.42. The summed E-state index contributed by atoms with van der Waals surface area (Å²) >= 11 is 11.9. The molecule has 0 saturated carbocycles. The number of carbonyl (C=O) groups excluding carboxylic acids is 1. The third-order valence-corrected chi connectivity index (χ3v) is 5.04.